The van der Waals surface area contributed by atoms with E-state index in [0.29, 0.717) is 0 Å². The summed E-state index contributed by atoms with van der Waals surface area (Å²) in [6.07, 6.45) is 1.83. The molecule has 1 aromatic carbocycles. The molecule has 2 heteroatoms. The van der Waals surface area contributed by atoms with Crippen LogP contribution in [0.5, 0.6) is 5.75 Å². The first kappa shape index (κ1) is 10.2. The number of carbonyl (C=O) groups excluding carboxylic acids is 1. The van der Waals surface area contributed by atoms with Gasteiger partial charge in [0.1, 0.15) is 5.75 Å². The number of benzene rings is 1. The Morgan fingerprint density at radius 1 is 1.33 bits per heavy atom. The summed E-state index contributed by atoms with van der Waals surface area (Å²) >= 11 is 0. The Kier molecular flexibility index (Phi) is 2.29. The molecule has 0 saturated carbocycles. The second-order valence-corrected chi connectivity index (χ2v) is 4.70. The van der Waals surface area contributed by atoms with Crippen LogP contribution >= 0.6 is 0 Å². The first-order valence-electron chi connectivity index (χ1n) is 5.27. The molecular formula is C13H16O2. The lowest BCUT2D eigenvalue weighted by Crippen LogP contribution is -2.30. The van der Waals surface area contributed by atoms with Crippen LogP contribution in [0.1, 0.15) is 36.2 Å². The molecule has 0 fully saturated rings. The van der Waals surface area contributed by atoms with Gasteiger partial charge in [-0.2, -0.15) is 0 Å². The van der Waals surface area contributed by atoms with Gasteiger partial charge < -0.3 is 4.74 Å². The van der Waals surface area contributed by atoms with Gasteiger partial charge >= 0.3 is 0 Å². The zero-order valence-electron chi connectivity index (χ0n) is 9.46. The van der Waals surface area contributed by atoms with E-state index < -0.39 is 0 Å². The number of ketones is 1. The first-order chi connectivity index (χ1) is 7.06. The molecule has 0 N–H and O–H groups in total. The van der Waals surface area contributed by atoms with Crippen LogP contribution in [0.25, 0.3) is 0 Å². The molecule has 0 saturated heterocycles. The van der Waals surface area contributed by atoms with E-state index in [2.05, 4.69) is 0 Å². The first-order valence-corrected chi connectivity index (χ1v) is 5.27. The van der Waals surface area contributed by atoms with E-state index in [9.17, 15) is 4.79 Å². The van der Waals surface area contributed by atoms with Crippen LogP contribution in [0.15, 0.2) is 18.2 Å². The molecule has 1 aliphatic rings. The molecule has 2 rings (SSSR count). The second-order valence-electron chi connectivity index (χ2n) is 4.70. The standard InChI is InChI=1S/C13H16O2/c1-13(2)8-7-9-10(12(13)14)5-4-6-11(9)15-3/h4-6H,7-8H2,1-3H3. The average Bonchev–Trinajstić information content (AvgIpc) is 2.23. The van der Waals surface area contributed by atoms with Crippen molar-refractivity contribution in [2.24, 2.45) is 5.41 Å². The highest BCUT2D eigenvalue weighted by Gasteiger charge is 2.35. The summed E-state index contributed by atoms with van der Waals surface area (Å²) in [6, 6.07) is 5.71. The Labute approximate surface area is 90.3 Å². The van der Waals surface area contributed by atoms with Crippen molar-refractivity contribution in [1.29, 1.82) is 0 Å². The summed E-state index contributed by atoms with van der Waals surface area (Å²) in [7, 11) is 1.65. The topological polar surface area (TPSA) is 26.3 Å². The van der Waals surface area contributed by atoms with Gasteiger partial charge in [-0.15, -0.1) is 0 Å². The maximum atomic E-state index is 12.2. The van der Waals surface area contributed by atoms with Gasteiger partial charge in [0, 0.05) is 16.5 Å². The molecule has 15 heavy (non-hydrogen) atoms. The number of carbonyl (C=O) groups is 1. The molecule has 2 nitrogen and oxygen atoms in total. The number of hydrogen-bond acceptors (Lipinski definition) is 2. The number of Topliss-reactive ketones (excluding diaryl/α,β-unsaturated/α-hetero) is 1. The number of hydrogen-bond donors (Lipinski definition) is 0. The molecule has 80 valence electrons. The van der Waals surface area contributed by atoms with E-state index in [4.69, 9.17) is 4.74 Å². The molecule has 0 heterocycles. The molecule has 0 radical (unpaired) electrons. The molecule has 0 atom stereocenters. The number of rotatable bonds is 1. The fourth-order valence-electron chi connectivity index (χ4n) is 2.14. The largest absolute Gasteiger partial charge is 0.496 e. The van der Waals surface area contributed by atoms with Crippen molar-refractivity contribution < 1.29 is 9.53 Å². The summed E-state index contributed by atoms with van der Waals surface area (Å²) in [6.45, 7) is 4.02. The van der Waals surface area contributed by atoms with E-state index in [-0.39, 0.29) is 11.2 Å². The van der Waals surface area contributed by atoms with Crippen molar-refractivity contribution >= 4 is 5.78 Å². The van der Waals surface area contributed by atoms with Crippen molar-refractivity contribution in [2.45, 2.75) is 26.7 Å². The highest BCUT2D eigenvalue weighted by Crippen LogP contribution is 2.38. The third-order valence-electron chi connectivity index (χ3n) is 3.21. The summed E-state index contributed by atoms with van der Waals surface area (Å²) < 4.78 is 5.28. The Bertz CT molecular complexity index is 405. The van der Waals surface area contributed by atoms with Gasteiger partial charge in [-0.05, 0) is 18.9 Å². The minimum absolute atomic E-state index is 0.223. The predicted octanol–water partition coefficient (Wildman–Crippen LogP) is 2.85. The van der Waals surface area contributed by atoms with E-state index in [0.717, 1.165) is 29.7 Å². The van der Waals surface area contributed by atoms with Crippen LogP contribution in [-0.2, 0) is 6.42 Å². The Balaban J connectivity index is 2.55. The summed E-state index contributed by atoms with van der Waals surface area (Å²) in [4.78, 5) is 12.2. The van der Waals surface area contributed by atoms with E-state index >= 15 is 0 Å². The molecule has 0 aliphatic heterocycles. The SMILES string of the molecule is COc1cccc2c1CCC(C)(C)C2=O. The zero-order valence-corrected chi connectivity index (χ0v) is 9.46. The van der Waals surface area contributed by atoms with Gasteiger partial charge in [-0.3, -0.25) is 4.79 Å². The van der Waals surface area contributed by atoms with E-state index in [1.165, 1.54) is 0 Å². The van der Waals surface area contributed by atoms with Crippen LogP contribution in [0.2, 0.25) is 0 Å². The van der Waals surface area contributed by atoms with Gasteiger partial charge in [-0.25, -0.2) is 0 Å². The lowest BCUT2D eigenvalue weighted by Gasteiger charge is -2.30. The van der Waals surface area contributed by atoms with Gasteiger partial charge in [0.15, 0.2) is 5.78 Å². The van der Waals surface area contributed by atoms with Crippen LogP contribution < -0.4 is 4.74 Å². The molecule has 0 spiro atoms. The van der Waals surface area contributed by atoms with Crippen molar-refractivity contribution in [3.8, 4) is 5.75 Å². The van der Waals surface area contributed by atoms with Crippen molar-refractivity contribution in [3.63, 3.8) is 0 Å². The van der Waals surface area contributed by atoms with E-state index in [1.54, 1.807) is 7.11 Å². The Morgan fingerprint density at radius 2 is 2.07 bits per heavy atom. The van der Waals surface area contributed by atoms with Crippen molar-refractivity contribution in [2.75, 3.05) is 7.11 Å². The molecule has 1 aliphatic carbocycles. The predicted molar refractivity (Wildman–Crippen MR) is 59.4 cm³/mol. The van der Waals surface area contributed by atoms with Crippen molar-refractivity contribution in [1.82, 2.24) is 0 Å². The second kappa shape index (κ2) is 3.37. The number of methoxy groups -OCH3 is 1. The van der Waals surface area contributed by atoms with Crippen LogP contribution in [0.4, 0.5) is 0 Å². The highest BCUT2D eigenvalue weighted by atomic mass is 16.5. The quantitative estimate of drug-likeness (QED) is 0.703. The lowest BCUT2D eigenvalue weighted by atomic mass is 9.73. The van der Waals surface area contributed by atoms with Crippen LogP contribution in [0.3, 0.4) is 0 Å². The average molecular weight is 204 g/mol. The summed E-state index contributed by atoms with van der Waals surface area (Å²) in [5.41, 5.74) is 1.69. The highest BCUT2D eigenvalue weighted by molar-refractivity contribution is 6.02. The van der Waals surface area contributed by atoms with E-state index in [1.807, 2.05) is 32.0 Å². The molecular weight excluding hydrogens is 188 g/mol. The third-order valence-corrected chi connectivity index (χ3v) is 3.21. The van der Waals surface area contributed by atoms with Gasteiger partial charge in [0.25, 0.3) is 0 Å². The minimum Gasteiger partial charge on any atom is -0.496 e. The smallest absolute Gasteiger partial charge is 0.168 e. The third kappa shape index (κ3) is 1.54. The minimum atomic E-state index is -0.223. The van der Waals surface area contributed by atoms with Gasteiger partial charge in [0.2, 0.25) is 0 Å². The Hall–Kier alpha value is -1.31. The molecule has 0 amide bonds. The fraction of sp³-hybridized carbons (Fsp3) is 0.462. The Morgan fingerprint density at radius 3 is 2.73 bits per heavy atom. The van der Waals surface area contributed by atoms with Crippen LogP contribution in [0, 0.1) is 5.41 Å². The maximum Gasteiger partial charge on any atom is 0.168 e. The molecule has 0 unspecified atom stereocenters. The fourth-order valence-corrected chi connectivity index (χ4v) is 2.14. The lowest BCUT2D eigenvalue weighted by molar-refractivity contribution is 0.0810. The number of ether oxygens (including phenoxy) is 1. The molecule has 1 aromatic rings. The zero-order chi connectivity index (χ0) is 11.1. The monoisotopic (exact) mass is 204 g/mol. The van der Waals surface area contributed by atoms with Crippen LogP contribution in [-0.4, -0.2) is 12.9 Å². The van der Waals surface area contributed by atoms with Crippen molar-refractivity contribution in [3.05, 3.63) is 29.3 Å². The maximum absolute atomic E-state index is 12.2. The van der Waals surface area contributed by atoms with Gasteiger partial charge in [0.05, 0.1) is 7.11 Å². The van der Waals surface area contributed by atoms with Gasteiger partial charge in [-0.1, -0.05) is 26.0 Å². The summed E-state index contributed by atoms with van der Waals surface area (Å²) in [5, 5.41) is 0. The normalized spacial score (nSPS) is 18.5. The number of fused-ring (bicyclic) bond motifs is 1. The summed E-state index contributed by atoms with van der Waals surface area (Å²) in [5.74, 6) is 1.08. The molecule has 0 aromatic heterocycles. The molecule has 0 bridgehead atoms.